The van der Waals surface area contributed by atoms with Gasteiger partial charge < -0.3 is 38.5 Å². The molecule has 25 heavy (non-hydrogen) atoms. The van der Waals surface area contributed by atoms with Crippen molar-refractivity contribution in [2.75, 3.05) is 109 Å². The molecule has 0 saturated carbocycles. The van der Waals surface area contributed by atoms with Gasteiger partial charge in [0.1, 0.15) is 0 Å². The molecular weight excluding hydrogens is 324 g/mol. The van der Waals surface area contributed by atoms with E-state index in [1.807, 2.05) is 76.0 Å². The number of nitrogens with zero attached hydrogens (tertiary/aromatic N) is 4. The van der Waals surface area contributed by atoms with Crippen molar-refractivity contribution >= 4 is 0 Å². The van der Waals surface area contributed by atoms with Crippen LogP contribution < -0.4 is 0 Å². The van der Waals surface area contributed by atoms with Gasteiger partial charge in [0.15, 0.2) is 0 Å². The predicted octanol–water partition coefficient (Wildman–Crippen LogP) is -0.0895. The van der Waals surface area contributed by atoms with Crippen LogP contribution in [0, 0.1) is 0 Å². The highest BCUT2D eigenvalue weighted by Crippen LogP contribution is 2.18. The third kappa shape index (κ3) is 14.5. The zero-order valence-electron chi connectivity index (χ0n) is 17.6. The van der Waals surface area contributed by atoms with Gasteiger partial charge in [0.05, 0.1) is 26.4 Å². The quantitative estimate of drug-likeness (QED) is 0.352. The summed E-state index contributed by atoms with van der Waals surface area (Å²) in [6, 6.07) is 0. The maximum absolute atomic E-state index is 5.92. The molecule has 0 heterocycles. The minimum Gasteiger partial charge on any atom is -0.307 e. The van der Waals surface area contributed by atoms with Crippen molar-refractivity contribution in [2.24, 2.45) is 0 Å². The van der Waals surface area contributed by atoms with Gasteiger partial charge >= 0.3 is 6.16 Å². The Morgan fingerprint density at radius 2 is 0.640 bits per heavy atom. The Morgan fingerprint density at radius 1 is 0.440 bits per heavy atom. The average molecular weight is 365 g/mol. The molecular formula is C17H40N4O4. The Morgan fingerprint density at radius 3 is 0.800 bits per heavy atom. The van der Waals surface area contributed by atoms with Gasteiger partial charge in [-0.25, -0.2) is 0 Å². The summed E-state index contributed by atoms with van der Waals surface area (Å²) < 4.78 is 23.7. The highest BCUT2D eigenvalue weighted by molar-refractivity contribution is 4.53. The molecule has 0 aliphatic carbocycles. The second-order valence-corrected chi connectivity index (χ2v) is 7.11. The van der Waals surface area contributed by atoms with E-state index in [0.717, 1.165) is 26.2 Å². The lowest BCUT2D eigenvalue weighted by Crippen LogP contribution is -2.47. The van der Waals surface area contributed by atoms with Gasteiger partial charge in [0.2, 0.25) is 0 Å². The van der Waals surface area contributed by atoms with Crippen molar-refractivity contribution in [3.8, 4) is 0 Å². The summed E-state index contributed by atoms with van der Waals surface area (Å²) in [6.45, 7) is 4.86. The predicted molar refractivity (Wildman–Crippen MR) is 101 cm³/mol. The van der Waals surface area contributed by atoms with Crippen LogP contribution in [0.5, 0.6) is 0 Å². The van der Waals surface area contributed by atoms with Gasteiger partial charge in [-0.2, -0.15) is 0 Å². The van der Waals surface area contributed by atoms with Gasteiger partial charge in [0.25, 0.3) is 0 Å². The molecule has 0 radical (unpaired) electrons. The van der Waals surface area contributed by atoms with Crippen LogP contribution in [0.4, 0.5) is 0 Å². The van der Waals surface area contributed by atoms with E-state index in [-0.39, 0.29) is 0 Å². The Bertz CT molecular complexity index is 254. The Hall–Kier alpha value is -0.320. The summed E-state index contributed by atoms with van der Waals surface area (Å²) in [7, 11) is 16.0. The number of ether oxygens (including phenoxy) is 4. The lowest BCUT2D eigenvalue weighted by Gasteiger charge is -2.33. The second-order valence-electron chi connectivity index (χ2n) is 7.11. The zero-order chi connectivity index (χ0) is 19.3. The fourth-order valence-corrected chi connectivity index (χ4v) is 1.66. The highest BCUT2D eigenvalue weighted by Gasteiger charge is 2.36. The second kappa shape index (κ2) is 13.8. The molecule has 0 aliphatic heterocycles. The Labute approximate surface area is 154 Å². The van der Waals surface area contributed by atoms with Crippen LogP contribution in [0.25, 0.3) is 0 Å². The molecule has 0 aromatic rings. The summed E-state index contributed by atoms with van der Waals surface area (Å²) in [5, 5.41) is 0. The van der Waals surface area contributed by atoms with E-state index in [2.05, 4.69) is 0 Å². The minimum atomic E-state index is -1.46. The summed E-state index contributed by atoms with van der Waals surface area (Å²) in [5.41, 5.74) is 0. The van der Waals surface area contributed by atoms with E-state index in [1.165, 1.54) is 0 Å². The lowest BCUT2D eigenvalue weighted by molar-refractivity contribution is -0.499. The molecule has 8 heteroatoms. The van der Waals surface area contributed by atoms with Crippen molar-refractivity contribution in [2.45, 2.75) is 6.16 Å². The first-order valence-electron chi connectivity index (χ1n) is 8.81. The molecule has 0 unspecified atom stereocenters. The first-order valence-corrected chi connectivity index (χ1v) is 8.81. The van der Waals surface area contributed by atoms with Gasteiger partial charge in [-0.15, -0.1) is 0 Å². The first-order chi connectivity index (χ1) is 11.7. The van der Waals surface area contributed by atoms with E-state index >= 15 is 0 Å². The molecule has 0 bridgehead atoms. The molecule has 0 N–H and O–H groups in total. The Balaban J connectivity index is 4.85. The molecule has 0 amide bonds. The number of hydrogen-bond acceptors (Lipinski definition) is 8. The van der Waals surface area contributed by atoms with Crippen molar-refractivity contribution in [3.63, 3.8) is 0 Å². The molecule has 0 rings (SSSR count). The van der Waals surface area contributed by atoms with Crippen LogP contribution in [0.1, 0.15) is 0 Å². The Kier molecular flexibility index (Phi) is 13.7. The van der Waals surface area contributed by atoms with E-state index in [4.69, 9.17) is 18.9 Å². The minimum absolute atomic E-state index is 0.457. The van der Waals surface area contributed by atoms with Gasteiger partial charge in [0, 0.05) is 26.2 Å². The molecule has 0 atom stereocenters. The monoisotopic (exact) mass is 364 g/mol. The van der Waals surface area contributed by atoms with Crippen molar-refractivity contribution in [1.82, 2.24) is 19.6 Å². The maximum Gasteiger partial charge on any atom is 0.412 e. The summed E-state index contributed by atoms with van der Waals surface area (Å²) in [4.78, 5) is 8.18. The van der Waals surface area contributed by atoms with Crippen molar-refractivity contribution in [1.29, 1.82) is 0 Å². The standard InChI is InChI=1S/C17H40N4O4/c1-18(2)9-13-22-17(23-14-10-19(3)4,24-15-11-20(5)6)25-16-12-21(7)8/h9-16H2,1-8H3. The van der Waals surface area contributed by atoms with E-state index in [0.29, 0.717) is 26.4 Å². The van der Waals surface area contributed by atoms with E-state index < -0.39 is 6.16 Å². The zero-order valence-corrected chi connectivity index (χ0v) is 17.6. The molecule has 8 nitrogen and oxygen atoms in total. The summed E-state index contributed by atoms with van der Waals surface area (Å²) >= 11 is 0. The lowest BCUT2D eigenvalue weighted by atomic mass is 10.6. The molecule has 152 valence electrons. The smallest absolute Gasteiger partial charge is 0.307 e. The fourth-order valence-electron chi connectivity index (χ4n) is 1.66. The van der Waals surface area contributed by atoms with Crippen molar-refractivity contribution < 1.29 is 18.9 Å². The van der Waals surface area contributed by atoms with E-state index in [1.54, 1.807) is 0 Å². The molecule has 0 aromatic heterocycles. The topological polar surface area (TPSA) is 49.9 Å². The van der Waals surface area contributed by atoms with Crippen molar-refractivity contribution in [3.05, 3.63) is 0 Å². The van der Waals surface area contributed by atoms with Crippen LogP contribution >= 0.6 is 0 Å². The SMILES string of the molecule is CN(C)CCOC(OCCN(C)C)(OCCN(C)C)OCCN(C)C. The summed E-state index contributed by atoms with van der Waals surface area (Å²) in [5.74, 6) is 0. The van der Waals surface area contributed by atoms with Gasteiger partial charge in [-0.3, -0.25) is 0 Å². The third-order valence-corrected chi connectivity index (χ3v) is 3.27. The molecule has 0 saturated heterocycles. The molecule has 0 fully saturated rings. The fraction of sp³-hybridized carbons (Fsp3) is 1.00. The maximum atomic E-state index is 5.92. The van der Waals surface area contributed by atoms with Gasteiger partial charge in [-0.1, -0.05) is 0 Å². The number of rotatable bonds is 16. The van der Waals surface area contributed by atoms with Gasteiger partial charge in [-0.05, 0) is 56.4 Å². The number of hydrogen-bond donors (Lipinski definition) is 0. The van der Waals surface area contributed by atoms with Crippen LogP contribution in [-0.4, -0.2) is 135 Å². The summed E-state index contributed by atoms with van der Waals surface area (Å²) in [6.07, 6.45) is -1.46. The normalized spacial score (nSPS) is 13.0. The average Bonchev–Trinajstić information content (AvgIpc) is 2.45. The van der Waals surface area contributed by atoms with Crippen LogP contribution in [0.2, 0.25) is 0 Å². The first kappa shape index (κ1) is 24.7. The molecule has 0 spiro atoms. The van der Waals surface area contributed by atoms with E-state index in [9.17, 15) is 0 Å². The van der Waals surface area contributed by atoms with Crippen LogP contribution in [0.15, 0.2) is 0 Å². The largest absolute Gasteiger partial charge is 0.412 e. The van der Waals surface area contributed by atoms with Crippen LogP contribution in [0.3, 0.4) is 0 Å². The molecule has 0 aromatic carbocycles. The number of likely N-dealkylation sites (N-methyl/N-ethyl adjacent to an activating group) is 4. The third-order valence-electron chi connectivity index (χ3n) is 3.27. The highest BCUT2D eigenvalue weighted by atomic mass is 17.0. The molecule has 0 aliphatic rings. The van der Waals surface area contributed by atoms with Crippen LogP contribution in [-0.2, 0) is 18.9 Å².